The Balaban J connectivity index is 2.19. The van der Waals surface area contributed by atoms with Crippen molar-refractivity contribution < 1.29 is 9.18 Å². The number of thiophene rings is 1. The van der Waals surface area contributed by atoms with E-state index >= 15 is 0 Å². The monoisotopic (exact) mass is 342 g/mol. The average Bonchev–Trinajstić information content (AvgIpc) is 2.78. The number of hydrogen-bond donors (Lipinski definition) is 2. The lowest BCUT2D eigenvalue weighted by molar-refractivity contribution is 0.0996. The highest BCUT2D eigenvalue weighted by atomic mass is 79.9. The number of halogens is 2. The van der Waals surface area contributed by atoms with Gasteiger partial charge < -0.3 is 11.1 Å². The lowest BCUT2D eigenvalue weighted by Crippen LogP contribution is -2.14. The molecule has 0 saturated heterocycles. The Morgan fingerprint density at radius 3 is 2.79 bits per heavy atom. The third-order valence-corrected chi connectivity index (χ3v) is 4.51. The summed E-state index contributed by atoms with van der Waals surface area (Å²) in [5, 5.41) is 5.20. The molecule has 2 rings (SSSR count). The van der Waals surface area contributed by atoms with E-state index in [2.05, 4.69) is 21.2 Å². The normalized spacial score (nSPS) is 12.2. The van der Waals surface area contributed by atoms with Crippen LogP contribution in [0.2, 0.25) is 0 Å². The first-order valence-corrected chi connectivity index (χ1v) is 7.24. The predicted octanol–water partition coefficient (Wildman–Crippen LogP) is 3.92. The molecule has 19 heavy (non-hydrogen) atoms. The van der Waals surface area contributed by atoms with E-state index in [1.807, 2.05) is 18.4 Å². The highest BCUT2D eigenvalue weighted by Gasteiger charge is 2.12. The van der Waals surface area contributed by atoms with Gasteiger partial charge in [0.25, 0.3) is 5.91 Å². The number of carbonyl (C=O) groups is 1. The summed E-state index contributed by atoms with van der Waals surface area (Å²) in [4.78, 5) is 12.2. The molecule has 1 aromatic carbocycles. The van der Waals surface area contributed by atoms with E-state index in [9.17, 15) is 9.18 Å². The second-order valence-corrected chi connectivity index (χ2v) is 5.95. The van der Waals surface area contributed by atoms with Gasteiger partial charge in [0.15, 0.2) is 0 Å². The van der Waals surface area contributed by atoms with Crippen LogP contribution in [-0.2, 0) is 0 Å². The first kappa shape index (κ1) is 14.0. The Morgan fingerprint density at radius 2 is 2.21 bits per heavy atom. The molecule has 0 saturated carbocycles. The smallest absolute Gasteiger partial charge is 0.251 e. The summed E-state index contributed by atoms with van der Waals surface area (Å²) in [6.07, 6.45) is 0. The molecule has 1 aromatic heterocycles. The Labute approximate surface area is 122 Å². The molecule has 0 spiro atoms. The first-order valence-electron chi connectivity index (χ1n) is 5.57. The number of hydrogen-bond acceptors (Lipinski definition) is 3. The first-order chi connectivity index (χ1) is 8.97. The molecule has 0 aliphatic carbocycles. The van der Waals surface area contributed by atoms with Crippen LogP contribution in [-0.4, -0.2) is 5.91 Å². The fraction of sp³-hybridized carbons (Fsp3) is 0.154. The molecule has 1 atom stereocenters. The Kier molecular flexibility index (Phi) is 4.21. The quantitative estimate of drug-likeness (QED) is 0.884. The fourth-order valence-corrected chi connectivity index (χ4v) is 3.13. The van der Waals surface area contributed by atoms with E-state index in [0.717, 1.165) is 9.35 Å². The van der Waals surface area contributed by atoms with E-state index in [1.165, 1.54) is 12.1 Å². The van der Waals surface area contributed by atoms with Gasteiger partial charge >= 0.3 is 0 Å². The van der Waals surface area contributed by atoms with Gasteiger partial charge in [-0.3, -0.25) is 4.79 Å². The second kappa shape index (κ2) is 5.71. The zero-order chi connectivity index (χ0) is 14.0. The largest absolute Gasteiger partial charge is 0.378 e. The van der Waals surface area contributed by atoms with Gasteiger partial charge in [-0.1, -0.05) is 0 Å². The van der Waals surface area contributed by atoms with Gasteiger partial charge in [0, 0.05) is 20.4 Å². The van der Waals surface area contributed by atoms with Crippen molar-refractivity contribution >= 4 is 38.9 Å². The zero-order valence-corrected chi connectivity index (χ0v) is 12.5. The molecule has 0 aliphatic rings. The Hall–Kier alpha value is -1.40. The molecule has 3 N–H and O–H groups in total. The summed E-state index contributed by atoms with van der Waals surface area (Å²) in [6, 6.07) is 6.32. The van der Waals surface area contributed by atoms with Gasteiger partial charge in [-0.05, 0) is 47.1 Å². The molecule has 0 radical (unpaired) electrons. The van der Waals surface area contributed by atoms with Crippen molar-refractivity contribution in [1.29, 1.82) is 0 Å². The molecule has 6 heteroatoms. The number of benzene rings is 1. The molecule has 100 valence electrons. The van der Waals surface area contributed by atoms with Crippen LogP contribution in [0.15, 0.2) is 34.1 Å². The summed E-state index contributed by atoms with van der Waals surface area (Å²) < 4.78 is 14.4. The van der Waals surface area contributed by atoms with Gasteiger partial charge in [0.2, 0.25) is 0 Å². The van der Waals surface area contributed by atoms with Crippen molar-refractivity contribution in [1.82, 2.24) is 0 Å². The van der Waals surface area contributed by atoms with Crippen LogP contribution in [0, 0.1) is 5.82 Å². The average molecular weight is 343 g/mol. The van der Waals surface area contributed by atoms with Crippen LogP contribution < -0.4 is 11.1 Å². The molecule has 0 bridgehead atoms. The van der Waals surface area contributed by atoms with Crippen LogP contribution in [0.4, 0.5) is 10.1 Å². The molecular formula is C13H12BrFN2OS. The van der Waals surface area contributed by atoms with Crippen LogP contribution in [0.25, 0.3) is 0 Å². The van der Waals surface area contributed by atoms with E-state index in [4.69, 9.17) is 5.73 Å². The Morgan fingerprint density at radius 1 is 1.47 bits per heavy atom. The van der Waals surface area contributed by atoms with E-state index in [0.29, 0.717) is 5.69 Å². The van der Waals surface area contributed by atoms with E-state index in [1.54, 1.807) is 17.4 Å². The standard InChI is InChI=1S/C13H12BrFN2OS/c1-7(12-4-8(14)6-19-12)17-9-2-3-11(15)10(5-9)13(16)18/h2-7,17H,1H3,(H2,16,18). The Bertz CT molecular complexity index is 614. The minimum atomic E-state index is -0.771. The highest BCUT2D eigenvalue weighted by Crippen LogP contribution is 2.28. The maximum atomic E-state index is 13.4. The highest BCUT2D eigenvalue weighted by molar-refractivity contribution is 9.10. The molecular weight excluding hydrogens is 331 g/mol. The van der Waals surface area contributed by atoms with Crippen molar-refractivity contribution in [3.05, 3.63) is 50.4 Å². The van der Waals surface area contributed by atoms with Crippen LogP contribution >= 0.6 is 27.3 Å². The summed E-state index contributed by atoms with van der Waals surface area (Å²) in [5.74, 6) is -1.38. The van der Waals surface area contributed by atoms with Gasteiger partial charge in [-0.15, -0.1) is 11.3 Å². The topological polar surface area (TPSA) is 55.1 Å². The minimum Gasteiger partial charge on any atom is -0.378 e. The van der Waals surface area contributed by atoms with Crippen LogP contribution in [0.5, 0.6) is 0 Å². The fourth-order valence-electron chi connectivity index (χ4n) is 1.68. The van der Waals surface area contributed by atoms with Crippen LogP contribution in [0.1, 0.15) is 28.2 Å². The molecule has 1 unspecified atom stereocenters. The zero-order valence-electron chi connectivity index (χ0n) is 10.1. The number of primary amides is 1. The number of carbonyl (C=O) groups excluding carboxylic acids is 1. The van der Waals surface area contributed by atoms with Gasteiger partial charge in [-0.2, -0.15) is 0 Å². The number of nitrogens with two attached hydrogens (primary N) is 1. The third-order valence-electron chi connectivity index (χ3n) is 2.63. The number of rotatable bonds is 4. The summed E-state index contributed by atoms with van der Waals surface area (Å²) in [6.45, 7) is 1.99. The molecule has 3 nitrogen and oxygen atoms in total. The lowest BCUT2D eigenvalue weighted by Gasteiger charge is -2.14. The molecule has 2 aromatic rings. The molecule has 1 heterocycles. The third kappa shape index (κ3) is 3.33. The maximum Gasteiger partial charge on any atom is 0.251 e. The number of nitrogens with one attached hydrogen (secondary N) is 1. The molecule has 0 aliphatic heterocycles. The molecule has 0 fully saturated rings. The summed E-state index contributed by atoms with van der Waals surface area (Å²) in [5.41, 5.74) is 5.67. The van der Waals surface area contributed by atoms with Gasteiger partial charge in [0.05, 0.1) is 11.6 Å². The van der Waals surface area contributed by atoms with Crippen molar-refractivity contribution in [3.8, 4) is 0 Å². The number of anilines is 1. The van der Waals surface area contributed by atoms with Crippen molar-refractivity contribution in [2.45, 2.75) is 13.0 Å². The molecule has 1 amide bonds. The SMILES string of the molecule is CC(Nc1ccc(F)c(C(N)=O)c1)c1cc(Br)cs1. The van der Waals surface area contributed by atoms with E-state index in [-0.39, 0.29) is 11.6 Å². The van der Waals surface area contributed by atoms with Crippen molar-refractivity contribution in [2.24, 2.45) is 5.73 Å². The maximum absolute atomic E-state index is 13.4. The number of amides is 1. The summed E-state index contributed by atoms with van der Waals surface area (Å²) >= 11 is 5.01. The van der Waals surface area contributed by atoms with Gasteiger partial charge in [0.1, 0.15) is 5.82 Å². The van der Waals surface area contributed by atoms with Crippen molar-refractivity contribution in [2.75, 3.05) is 5.32 Å². The minimum absolute atomic E-state index is 0.0579. The predicted molar refractivity (Wildman–Crippen MR) is 79.0 cm³/mol. The van der Waals surface area contributed by atoms with Crippen molar-refractivity contribution in [3.63, 3.8) is 0 Å². The summed E-state index contributed by atoms with van der Waals surface area (Å²) in [7, 11) is 0. The van der Waals surface area contributed by atoms with Crippen LogP contribution in [0.3, 0.4) is 0 Å². The van der Waals surface area contributed by atoms with E-state index < -0.39 is 11.7 Å². The second-order valence-electron chi connectivity index (χ2n) is 4.09. The lowest BCUT2D eigenvalue weighted by atomic mass is 10.1. The van der Waals surface area contributed by atoms with Gasteiger partial charge in [-0.25, -0.2) is 4.39 Å².